The number of phenols is 2. The van der Waals surface area contributed by atoms with Gasteiger partial charge >= 0.3 is 0 Å². The smallest absolute Gasteiger partial charge is 0.123 e. The highest BCUT2D eigenvalue weighted by atomic mass is 32.3. The first-order chi connectivity index (χ1) is 22.1. The molecule has 2 nitrogen and oxygen atoms in total. The first-order valence-corrected chi connectivity index (χ1v) is 17.6. The molecule has 0 radical (unpaired) electrons. The van der Waals surface area contributed by atoms with Gasteiger partial charge in [0.15, 0.2) is 0 Å². The molecule has 2 N–H and O–H groups in total. The van der Waals surface area contributed by atoms with E-state index in [1.54, 1.807) is 0 Å². The summed E-state index contributed by atoms with van der Waals surface area (Å²) in [7, 11) is -1.94. The van der Waals surface area contributed by atoms with Crippen LogP contribution in [0.4, 0.5) is 0 Å². The number of hydrogen-bond acceptors (Lipinski definition) is 3. The van der Waals surface area contributed by atoms with Crippen LogP contribution in [0.1, 0.15) is 16.7 Å². The molecule has 1 aliphatic carbocycles. The van der Waals surface area contributed by atoms with E-state index < -0.39 is 10.0 Å². The van der Waals surface area contributed by atoms with Crippen LogP contribution in [0.3, 0.4) is 0 Å². The maximum Gasteiger partial charge on any atom is 0.123 e. The van der Waals surface area contributed by atoms with E-state index in [1.807, 2.05) is 84.1 Å². The second-order valence-corrected chi connectivity index (χ2v) is 15.6. The number of aromatic hydroxyl groups is 2. The third kappa shape index (κ3) is 3.89. The fourth-order valence-corrected chi connectivity index (χ4v) is 11.7. The van der Waals surface area contributed by atoms with Gasteiger partial charge < -0.3 is 10.2 Å². The standard InChI is InChI=1S/C41H28O2S2/c42-36-16-14-31(24-34(36)26-7-3-1-4-8-26)45(32-15-17-37(43)35(25-32)27-9-5-2-6-10-27)22-20-33-38(45)18-13-29-23-30-12-11-28-19-21-44-41(28)40(30)39(29)33/h1-22,24-25,42-43H,23H2. The summed E-state index contributed by atoms with van der Waals surface area (Å²) in [5.74, 6) is 0.528. The molecule has 1 aromatic heterocycles. The van der Waals surface area contributed by atoms with E-state index in [0.717, 1.165) is 38.5 Å². The second-order valence-electron chi connectivity index (χ2n) is 11.7. The molecule has 0 fully saturated rings. The molecular formula is C41H28O2S2. The zero-order valence-electron chi connectivity index (χ0n) is 24.3. The Morgan fingerprint density at radius 2 is 1.18 bits per heavy atom. The van der Waals surface area contributed by atoms with Gasteiger partial charge in [0.2, 0.25) is 0 Å². The number of thiophene rings is 1. The van der Waals surface area contributed by atoms with Gasteiger partial charge in [-0.3, -0.25) is 0 Å². The lowest BCUT2D eigenvalue weighted by Gasteiger charge is -2.37. The molecule has 0 saturated heterocycles. The topological polar surface area (TPSA) is 40.5 Å². The Morgan fingerprint density at radius 1 is 0.578 bits per heavy atom. The lowest BCUT2D eigenvalue weighted by atomic mass is 9.98. The van der Waals surface area contributed by atoms with Crippen LogP contribution in [-0.4, -0.2) is 10.2 Å². The summed E-state index contributed by atoms with van der Waals surface area (Å²) in [6.07, 6.45) is 3.28. The van der Waals surface area contributed by atoms with E-state index in [-0.39, 0.29) is 11.5 Å². The zero-order chi connectivity index (χ0) is 30.1. The molecule has 0 spiro atoms. The highest BCUT2D eigenvalue weighted by Gasteiger charge is 2.38. The fraction of sp³-hybridized carbons (Fsp3) is 0.0244. The maximum atomic E-state index is 11.1. The highest BCUT2D eigenvalue weighted by molar-refractivity contribution is 8.36. The van der Waals surface area contributed by atoms with Gasteiger partial charge in [-0.15, -0.1) is 21.4 Å². The minimum absolute atomic E-state index is 0.264. The predicted molar refractivity (Wildman–Crippen MR) is 189 cm³/mol. The van der Waals surface area contributed by atoms with Gasteiger partial charge in [-0.25, -0.2) is 0 Å². The quantitative estimate of drug-likeness (QED) is 0.206. The van der Waals surface area contributed by atoms with Crippen molar-refractivity contribution in [3.8, 4) is 44.9 Å². The average molecular weight is 617 g/mol. The molecule has 0 atom stereocenters. The van der Waals surface area contributed by atoms with Gasteiger partial charge in [0, 0.05) is 36.1 Å². The van der Waals surface area contributed by atoms with Crippen molar-refractivity contribution in [3.63, 3.8) is 0 Å². The Bertz CT molecular complexity index is 2230. The van der Waals surface area contributed by atoms with Crippen molar-refractivity contribution in [1.82, 2.24) is 0 Å². The van der Waals surface area contributed by atoms with Crippen LogP contribution < -0.4 is 0 Å². The zero-order valence-corrected chi connectivity index (χ0v) is 25.9. The minimum Gasteiger partial charge on any atom is -0.507 e. The molecule has 216 valence electrons. The molecule has 0 bridgehead atoms. The van der Waals surface area contributed by atoms with Crippen molar-refractivity contribution < 1.29 is 10.2 Å². The Hall–Kier alpha value is -5.03. The van der Waals surface area contributed by atoms with E-state index in [1.165, 1.54) is 42.8 Å². The molecule has 0 saturated carbocycles. The maximum absolute atomic E-state index is 11.1. The third-order valence-corrected chi connectivity index (χ3v) is 13.8. The third-order valence-electron chi connectivity index (χ3n) is 9.27. The van der Waals surface area contributed by atoms with Gasteiger partial charge in [0.1, 0.15) is 11.5 Å². The molecule has 4 heteroatoms. The molecule has 0 amide bonds. The van der Waals surface area contributed by atoms with Gasteiger partial charge in [-0.2, -0.15) is 0 Å². The molecule has 45 heavy (non-hydrogen) atoms. The molecule has 0 unspecified atom stereocenters. The first-order valence-electron chi connectivity index (χ1n) is 15.1. The van der Waals surface area contributed by atoms with Gasteiger partial charge in [0.05, 0.1) is 0 Å². The van der Waals surface area contributed by atoms with Crippen LogP contribution in [0.2, 0.25) is 0 Å². The molecule has 2 aliphatic rings. The molecular weight excluding hydrogens is 589 g/mol. The van der Waals surface area contributed by atoms with Crippen LogP contribution in [0.25, 0.3) is 49.5 Å². The van der Waals surface area contributed by atoms with Crippen LogP contribution in [-0.2, 0) is 6.42 Å². The largest absolute Gasteiger partial charge is 0.507 e. The predicted octanol–water partition coefficient (Wildman–Crippen LogP) is 11.5. The van der Waals surface area contributed by atoms with Crippen LogP contribution in [0.15, 0.2) is 153 Å². The number of rotatable bonds is 4. The van der Waals surface area contributed by atoms with Crippen LogP contribution in [0.5, 0.6) is 11.5 Å². The Balaban J connectivity index is 1.34. The van der Waals surface area contributed by atoms with Crippen LogP contribution in [0, 0.1) is 0 Å². The van der Waals surface area contributed by atoms with Gasteiger partial charge in [0.25, 0.3) is 0 Å². The van der Waals surface area contributed by atoms with Crippen molar-refractivity contribution in [2.75, 3.05) is 0 Å². The van der Waals surface area contributed by atoms with Gasteiger partial charge in [-0.1, -0.05) is 78.9 Å². The van der Waals surface area contributed by atoms with E-state index in [0.29, 0.717) is 0 Å². The summed E-state index contributed by atoms with van der Waals surface area (Å²) < 4.78 is 1.35. The summed E-state index contributed by atoms with van der Waals surface area (Å²) in [5.41, 5.74) is 10.4. The van der Waals surface area contributed by atoms with E-state index in [9.17, 15) is 10.2 Å². The first kappa shape index (κ1) is 26.4. The number of benzene rings is 6. The summed E-state index contributed by atoms with van der Waals surface area (Å²) in [6, 6.07) is 43.9. The lowest BCUT2D eigenvalue weighted by molar-refractivity contribution is 0.476. The summed E-state index contributed by atoms with van der Waals surface area (Å²) in [5, 5.41) is 28.1. The summed E-state index contributed by atoms with van der Waals surface area (Å²) in [4.78, 5) is 3.58. The molecule has 7 aromatic rings. The van der Waals surface area contributed by atoms with Crippen molar-refractivity contribution in [2.24, 2.45) is 0 Å². The SMILES string of the molecule is Oc1ccc(S2(c3ccc(O)c(-c4ccccc4)c3)C=Cc3c2ccc2c3-c3c(ccc4ccsc34)C2)cc1-c1ccccc1. The van der Waals surface area contributed by atoms with E-state index in [4.69, 9.17) is 0 Å². The average Bonchev–Trinajstić information content (AvgIpc) is 3.81. The molecule has 6 aromatic carbocycles. The minimum atomic E-state index is -1.94. The van der Waals surface area contributed by atoms with Crippen molar-refractivity contribution in [2.45, 2.75) is 21.1 Å². The lowest BCUT2D eigenvalue weighted by Crippen LogP contribution is -2.01. The highest BCUT2D eigenvalue weighted by Crippen LogP contribution is 2.75. The fourth-order valence-electron chi connectivity index (χ4n) is 7.15. The Morgan fingerprint density at radius 3 is 1.82 bits per heavy atom. The van der Waals surface area contributed by atoms with Gasteiger partial charge in [-0.05, 0) is 111 Å². The summed E-state index contributed by atoms with van der Waals surface area (Å²) in [6.45, 7) is 0. The van der Waals surface area contributed by atoms with Crippen molar-refractivity contribution >= 4 is 37.5 Å². The number of fused-ring (bicyclic) bond motifs is 7. The second kappa shape index (κ2) is 10.00. The Kier molecular flexibility index (Phi) is 5.86. The molecule has 1 aliphatic heterocycles. The normalized spacial score (nSPS) is 14.7. The molecule has 2 heterocycles. The van der Waals surface area contributed by atoms with E-state index in [2.05, 4.69) is 71.5 Å². The van der Waals surface area contributed by atoms with Crippen LogP contribution >= 0.6 is 21.4 Å². The number of hydrogen-bond donors (Lipinski definition) is 2. The molecule has 9 rings (SSSR count). The monoisotopic (exact) mass is 616 g/mol. The number of phenolic OH excluding ortho intramolecular Hbond substituents is 2. The Labute approximate surface area is 267 Å². The summed E-state index contributed by atoms with van der Waals surface area (Å²) >= 11 is 1.82. The van der Waals surface area contributed by atoms with E-state index >= 15 is 0 Å². The van der Waals surface area contributed by atoms with Crippen molar-refractivity contribution in [3.05, 3.63) is 155 Å². The van der Waals surface area contributed by atoms with Crippen molar-refractivity contribution in [1.29, 1.82) is 0 Å².